The quantitative estimate of drug-likeness (QED) is 0.380. The minimum Gasteiger partial charge on any atom is -0.507 e. The van der Waals surface area contributed by atoms with Crippen molar-refractivity contribution < 1.29 is 29.6 Å². The summed E-state index contributed by atoms with van der Waals surface area (Å²) in [6.07, 6.45) is 1.73. The van der Waals surface area contributed by atoms with Crippen molar-refractivity contribution in [3.05, 3.63) is 34.8 Å². The highest BCUT2D eigenvalue weighted by molar-refractivity contribution is 6.24. The molecule has 6 heteroatoms. The topological polar surface area (TPSA) is 104 Å². The van der Waals surface area contributed by atoms with Crippen LogP contribution in [0.1, 0.15) is 80.6 Å². The number of fused-ring (bicyclic) bond motifs is 1. The van der Waals surface area contributed by atoms with E-state index in [2.05, 4.69) is 6.58 Å². The molecular weight excluding hydrogens is 420 g/mol. The van der Waals surface area contributed by atoms with Crippen LogP contribution in [0, 0.1) is 23.2 Å². The van der Waals surface area contributed by atoms with Crippen LogP contribution < -0.4 is 0 Å². The number of rotatable bonds is 7. The molecule has 184 valence electrons. The normalized spacial score (nSPS) is 35.5. The Bertz CT molecular complexity index is 931. The molecule has 2 aliphatic carbocycles. The maximum atomic E-state index is 13.7. The van der Waals surface area contributed by atoms with Gasteiger partial charge in [0.15, 0.2) is 11.6 Å². The van der Waals surface area contributed by atoms with Crippen molar-refractivity contribution >= 4 is 11.6 Å². The molecule has 1 saturated carbocycles. The molecule has 0 amide bonds. The van der Waals surface area contributed by atoms with Crippen molar-refractivity contribution in [1.82, 2.24) is 0 Å². The molecule has 1 heterocycles. The zero-order chi connectivity index (χ0) is 25.1. The minimum absolute atomic E-state index is 0.0463. The summed E-state index contributed by atoms with van der Waals surface area (Å²) in [5.41, 5.74) is -2.17. The number of Topliss-reactive ketones (excluding diaryl/α,β-unsaturated/α-hetero) is 2. The molecule has 0 aromatic heterocycles. The molecule has 1 aliphatic heterocycles. The van der Waals surface area contributed by atoms with Gasteiger partial charge in [-0.3, -0.25) is 9.59 Å². The van der Waals surface area contributed by atoms with E-state index in [0.717, 1.165) is 12.0 Å². The van der Waals surface area contributed by atoms with Crippen LogP contribution in [0.25, 0.3) is 0 Å². The Morgan fingerprint density at radius 2 is 1.94 bits per heavy atom. The fourth-order valence-electron chi connectivity index (χ4n) is 5.70. The van der Waals surface area contributed by atoms with Gasteiger partial charge in [0.25, 0.3) is 0 Å². The van der Waals surface area contributed by atoms with Gasteiger partial charge in [-0.25, -0.2) is 0 Å². The molecule has 0 aromatic carbocycles. The second kappa shape index (κ2) is 8.38. The standard InChI is InChI=1S/C27H40O6/c1-9-15(4)21(28)20-22(29)17(12-18-16(14(2)3)10-11-27(18,8)32)24-26(7,23(20)30)13-19(33-24)25(5,6)31/h15-16,18-19,29,31-32H,2,9-13H2,1,3-8H3/t15-,16+,18-,19+,26-,27+/m1/s1. The van der Waals surface area contributed by atoms with Crippen molar-refractivity contribution in [2.75, 3.05) is 0 Å². The molecule has 3 N–H and O–H groups in total. The smallest absolute Gasteiger partial charge is 0.183 e. The summed E-state index contributed by atoms with van der Waals surface area (Å²) >= 11 is 0. The molecule has 6 nitrogen and oxygen atoms in total. The summed E-state index contributed by atoms with van der Waals surface area (Å²) < 4.78 is 6.17. The first-order chi connectivity index (χ1) is 15.1. The van der Waals surface area contributed by atoms with E-state index in [0.29, 0.717) is 24.2 Å². The Hall–Kier alpha value is -1.92. The van der Waals surface area contributed by atoms with Crippen molar-refractivity contribution in [3.63, 3.8) is 0 Å². The highest BCUT2D eigenvalue weighted by Crippen LogP contribution is 2.55. The predicted octanol–water partition coefficient (Wildman–Crippen LogP) is 4.56. The van der Waals surface area contributed by atoms with E-state index in [1.54, 1.807) is 34.6 Å². The van der Waals surface area contributed by atoms with E-state index in [1.807, 2.05) is 13.8 Å². The number of hydrogen-bond acceptors (Lipinski definition) is 6. The largest absolute Gasteiger partial charge is 0.507 e. The summed E-state index contributed by atoms with van der Waals surface area (Å²) in [4.78, 5) is 26.9. The molecule has 1 saturated heterocycles. The average Bonchev–Trinajstić information content (AvgIpc) is 3.22. The third-order valence-electron chi connectivity index (χ3n) is 8.28. The van der Waals surface area contributed by atoms with Gasteiger partial charge in [-0.15, -0.1) is 0 Å². The lowest BCUT2D eigenvalue weighted by Gasteiger charge is -2.35. The van der Waals surface area contributed by atoms with Gasteiger partial charge in [0.1, 0.15) is 23.2 Å². The van der Waals surface area contributed by atoms with Crippen molar-refractivity contribution in [2.45, 2.75) is 97.9 Å². The van der Waals surface area contributed by atoms with Gasteiger partial charge in [0.2, 0.25) is 0 Å². The van der Waals surface area contributed by atoms with Crippen molar-refractivity contribution in [1.29, 1.82) is 0 Å². The summed E-state index contributed by atoms with van der Waals surface area (Å²) in [6, 6.07) is 0. The van der Waals surface area contributed by atoms with Gasteiger partial charge in [-0.1, -0.05) is 26.0 Å². The Morgan fingerprint density at radius 3 is 2.45 bits per heavy atom. The summed E-state index contributed by atoms with van der Waals surface area (Å²) in [5, 5.41) is 33.2. The molecule has 0 unspecified atom stereocenters. The van der Waals surface area contributed by atoms with E-state index in [4.69, 9.17) is 4.74 Å². The van der Waals surface area contributed by atoms with Gasteiger partial charge in [-0.05, 0) is 72.1 Å². The van der Waals surface area contributed by atoms with Crippen LogP contribution in [0.5, 0.6) is 0 Å². The molecule has 33 heavy (non-hydrogen) atoms. The molecule has 0 bridgehead atoms. The molecule has 3 aliphatic rings. The van der Waals surface area contributed by atoms with Crippen LogP contribution in [-0.4, -0.2) is 44.2 Å². The van der Waals surface area contributed by atoms with Crippen LogP contribution in [0.4, 0.5) is 0 Å². The summed E-state index contributed by atoms with van der Waals surface area (Å²) in [6.45, 7) is 16.4. The zero-order valence-corrected chi connectivity index (χ0v) is 21.1. The van der Waals surface area contributed by atoms with Crippen LogP contribution in [0.2, 0.25) is 0 Å². The first-order valence-corrected chi connectivity index (χ1v) is 12.1. The fourth-order valence-corrected chi connectivity index (χ4v) is 5.70. The SMILES string of the molecule is C=C(C)[C@@H]1CC[C@](C)(O)[C@@H]1CC1=C2O[C@H](C(C)(C)O)C[C@]2(C)C(=O)C(C(=O)[C@H](C)CC)=C1O. The van der Waals surface area contributed by atoms with Crippen LogP contribution in [0.3, 0.4) is 0 Å². The third-order valence-corrected chi connectivity index (χ3v) is 8.28. The highest BCUT2D eigenvalue weighted by atomic mass is 16.5. The van der Waals surface area contributed by atoms with E-state index in [1.165, 1.54) is 0 Å². The lowest BCUT2D eigenvalue weighted by molar-refractivity contribution is -0.128. The van der Waals surface area contributed by atoms with Crippen molar-refractivity contribution in [2.24, 2.45) is 23.2 Å². The number of aliphatic hydroxyl groups excluding tert-OH is 1. The number of hydrogen-bond donors (Lipinski definition) is 3. The van der Waals surface area contributed by atoms with E-state index < -0.39 is 34.4 Å². The molecule has 0 aromatic rings. The first-order valence-electron chi connectivity index (χ1n) is 12.1. The second-order valence-corrected chi connectivity index (χ2v) is 11.5. The summed E-state index contributed by atoms with van der Waals surface area (Å²) in [5.74, 6) is -1.46. The number of allylic oxidation sites excluding steroid dienone is 4. The number of carbonyl (C=O) groups excluding carboxylic acids is 2. The average molecular weight is 461 g/mol. The number of ketones is 2. The lowest BCUT2D eigenvalue weighted by atomic mass is 9.67. The summed E-state index contributed by atoms with van der Waals surface area (Å²) in [7, 11) is 0. The molecule has 0 spiro atoms. The molecule has 6 atom stereocenters. The van der Waals surface area contributed by atoms with Gasteiger partial charge in [0.05, 0.1) is 16.6 Å². The maximum absolute atomic E-state index is 13.7. The second-order valence-electron chi connectivity index (χ2n) is 11.5. The molecule has 2 fully saturated rings. The number of ether oxygens (including phenoxy) is 1. The van der Waals surface area contributed by atoms with Crippen LogP contribution in [0.15, 0.2) is 34.8 Å². The lowest BCUT2D eigenvalue weighted by Crippen LogP contribution is -2.40. The first kappa shape index (κ1) is 25.7. The van der Waals surface area contributed by atoms with Crippen molar-refractivity contribution in [3.8, 4) is 0 Å². The number of carbonyl (C=O) groups is 2. The third kappa shape index (κ3) is 4.21. The molecule has 3 rings (SSSR count). The Kier molecular flexibility index (Phi) is 6.53. The van der Waals surface area contributed by atoms with Gasteiger partial charge < -0.3 is 20.1 Å². The zero-order valence-electron chi connectivity index (χ0n) is 21.1. The Labute approximate surface area is 197 Å². The van der Waals surface area contributed by atoms with Crippen LogP contribution >= 0.6 is 0 Å². The Morgan fingerprint density at radius 1 is 1.33 bits per heavy atom. The van der Waals surface area contributed by atoms with Crippen LogP contribution in [-0.2, 0) is 14.3 Å². The van der Waals surface area contributed by atoms with Gasteiger partial charge >= 0.3 is 0 Å². The van der Waals surface area contributed by atoms with E-state index in [-0.39, 0.29) is 41.8 Å². The monoisotopic (exact) mass is 460 g/mol. The minimum atomic E-state index is -1.21. The highest BCUT2D eigenvalue weighted by Gasteiger charge is 2.58. The Balaban J connectivity index is 2.19. The fraction of sp³-hybridized carbons (Fsp3) is 0.704. The predicted molar refractivity (Wildman–Crippen MR) is 126 cm³/mol. The van der Waals surface area contributed by atoms with E-state index in [9.17, 15) is 24.9 Å². The van der Waals surface area contributed by atoms with E-state index >= 15 is 0 Å². The van der Waals surface area contributed by atoms with Gasteiger partial charge in [-0.2, -0.15) is 0 Å². The maximum Gasteiger partial charge on any atom is 0.183 e. The molecular formula is C27H40O6. The number of aliphatic hydroxyl groups is 3. The molecule has 0 radical (unpaired) electrons. The van der Waals surface area contributed by atoms with Gasteiger partial charge in [0, 0.05) is 17.9 Å².